The number of benzene rings is 1. The molecule has 18 heavy (non-hydrogen) atoms. The molecule has 0 spiro atoms. The highest BCUT2D eigenvalue weighted by Crippen LogP contribution is 2.28. The first-order valence-electron chi connectivity index (χ1n) is 5.63. The van der Waals surface area contributed by atoms with Crippen molar-refractivity contribution in [2.24, 2.45) is 0 Å². The summed E-state index contributed by atoms with van der Waals surface area (Å²) in [5.74, 6) is -0.199. The maximum atomic E-state index is 13.7. The lowest BCUT2D eigenvalue weighted by Gasteiger charge is -2.09. The number of ether oxygens (including phenoxy) is 1. The number of nitrogen functional groups attached to an aromatic ring is 1. The van der Waals surface area contributed by atoms with Crippen LogP contribution in [0.2, 0.25) is 0 Å². The van der Waals surface area contributed by atoms with Gasteiger partial charge in [0.15, 0.2) is 11.6 Å². The highest BCUT2D eigenvalue weighted by molar-refractivity contribution is 5.73. The predicted octanol–water partition coefficient (Wildman–Crippen LogP) is 2.57. The van der Waals surface area contributed by atoms with Gasteiger partial charge in [0.1, 0.15) is 6.33 Å². The van der Waals surface area contributed by atoms with Gasteiger partial charge in [-0.15, -0.1) is 0 Å². The second-order valence-corrected chi connectivity index (χ2v) is 3.80. The van der Waals surface area contributed by atoms with E-state index < -0.39 is 5.82 Å². The summed E-state index contributed by atoms with van der Waals surface area (Å²) < 4.78 is 18.9. The van der Waals surface area contributed by atoms with Gasteiger partial charge in [0, 0.05) is 5.56 Å². The van der Waals surface area contributed by atoms with Gasteiger partial charge in [-0.25, -0.2) is 14.4 Å². The van der Waals surface area contributed by atoms with Crippen molar-refractivity contribution in [3.8, 4) is 17.0 Å². The smallest absolute Gasteiger partial charge is 0.165 e. The number of nitrogens with zero attached hydrogens (tertiary/aromatic N) is 2. The lowest BCUT2D eigenvalue weighted by atomic mass is 10.1. The van der Waals surface area contributed by atoms with Crippen molar-refractivity contribution in [2.45, 2.75) is 13.8 Å². The van der Waals surface area contributed by atoms with Crippen LogP contribution in [-0.4, -0.2) is 16.6 Å². The number of anilines is 1. The van der Waals surface area contributed by atoms with Crippen LogP contribution in [0.1, 0.15) is 12.6 Å². The average Bonchev–Trinajstić information content (AvgIpc) is 2.35. The molecule has 0 atom stereocenters. The van der Waals surface area contributed by atoms with Crippen LogP contribution >= 0.6 is 0 Å². The Labute approximate surface area is 105 Å². The Morgan fingerprint density at radius 3 is 2.78 bits per heavy atom. The van der Waals surface area contributed by atoms with Crippen molar-refractivity contribution in [1.82, 2.24) is 9.97 Å². The monoisotopic (exact) mass is 247 g/mol. The first kappa shape index (κ1) is 12.3. The van der Waals surface area contributed by atoms with E-state index in [1.807, 2.05) is 0 Å². The number of aryl methyl sites for hydroxylation is 1. The molecule has 4 nitrogen and oxygen atoms in total. The molecule has 0 aliphatic heterocycles. The molecule has 2 rings (SSSR count). The minimum absolute atomic E-state index is 0.227. The van der Waals surface area contributed by atoms with E-state index in [4.69, 9.17) is 10.5 Å². The molecule has 0 aliphatic carbocycles. The van der Waals surface area contributed by atoms with Crippen molar-refractivity contribution in [3.05, 3.63) is 36.0 Å². The third kappa shape index (κ3) is 2.25. The van der Waals surface area contributed by atoms with Gasteiger partial charge in [0.25, 0.3) is 0 Å². The lowest BCUT2D eigenvalue weighted by molar-refractivity contribution is 0.321. The molecule has 2 aromatic rings. The Balaban J connectivity index is 2.46. The fraction of sp³-hybridized carbons (Fsp3) is 0.231. The zero-order valence-corrected chi connectivity index (χ0v) is 10.3. The summed E-state index contributed by atoms with van der Waals surface area (Å²) in [6.07, 6.45) is 1.41. The van der Waals surface area contributed by atoms with Crippen molar-refractivity contribution in [1.29, 1.82) is 0 Å². The van der Waals surface area contributed by atoms with Gasteiger partial charge in [0.05, 0.1) is 23.7 Å². The van der Waals surface area contributed by atoms with E-state index in [1.54, 1.807) is 26.0 Å². The average molecular weight is 247 g/mol. The highest BCUT2D eigenvalue weighted by atomic mass is 19.1. The van der Waals surface area contributed by atoms with Crippen LogP contribution in [0.15, 0.2) is 24.5 Å². The van der Waals surface area contributed by atoms with Gasteiger partial charge >= 0.3 is 0 Å². The Kier molecular flexibility index (Phi) is 3.41. The predicted molar refractivity (Wildman–Crippen MR) is 67.7 cm³/mol. The molecule has 0 unspecified atom stereocenters. The molecule has 1 heterocycles. The van der Waals surface area contributed by atoms with Crippen LogP contribution in [-0.2, 0) is 0 Å². The zero-order valence-electron chi connectivity index (χ0n) is 10.3. The summed E-state index contributed by atoms with van der Waals surface area (Å²) >= 11 is 0. The summed E-state index contributed by atoms with van der Waals surface area (Å²) in [6.45, 7) is 4.01. The van der Waals surface area contributed by atoms with Gasteiger partial charge in [-0.05, 0) is 32.0 Å². The second-order valence-electron chi connectivity index (χ2n) is 3.80. The van der Waals surface area contributed by atoms with E-state index in [0.29, 0.717) is 29.2 Å². The molecule has 1 aromatic carbocycles. The summed E-state index contributed by atoms with van der Waals surface area (Å²) in [7, 11) is 0. The van der Waals surface area contributed by atoms with Crippen LogP contribution in [0.4, 0.5) is 10.1 Å². The van der Waals surface area contributed by atoms with Gasteiger partial charge in [-0.3, -0.25) is 0 Å². The van der Waals surface area contributed by atoms with E-state index in [0.717, 1.165) is 0 Å². The topological polar surface area (TPSA) is 61.0 Å². The molecule has 0 saturated heterocycles. The Morgan fingerprint density at radius 2 is 2.11 bits per heavy atom. The molecule has 0 bridgehead atoms. The van der Waals surface area contributed by atoms with Gasteiger partial charge in [-0.2, -0.15) is 0 Å². The number of hydrogen-bond acceptors (Lipinski definition) is 4. The maximum absolute atomic E-state index is 13.7. The van der Waals surface area contributed by atoms with Crippen molar-refractivity contribution in [2.75, 3.05) is 12.3 Å². The van der Waals surface area contributed by atoms with Crippen molar-refractivity contribution < 1.29 is 9.13 Å². The molecule has 0 radical (unpaired) electrons. The summed E-state index contributed by atoms with van der Waals surface area (Å²) in [5, 5.41) is 0. The van der Waals surface area contributed by atoms with E-state index in [2.05, 4.69) is 9.97 Å². The fourth-order valence-corrected chi connectivity index (χ4v) is 1.63. The lowest BCUT2D eigenvalue weighted by Crippen LogP contribution is -2.00. The molecular formula is C13H14FN3O. The third-order valence-corrected chi connectivity index (χ3v) is 2.59. The normalized spacial score (nSPS) is 10.4. The molecule has 0 aliphatic rings. The molecule has 0 amide bonds. The largest absolute Gasteiger partial charge is 0.491 e. The Hall–Kier alpha value is -2.17. The molecule has 2 N–H and O–H groups in total. The van der Waals surface area contributed by atoms with E-state index >= 15 is 0 Å². The molecule has 94 valence electrons. The Morgan fingerprint density at radius 1 is 1.33 bits per heavy atom. The van der Waals surface area contributed by atoms with Crippen molar-refractivity contribution in [3.63, 3.8) is 0 Å². The quantitative estimate of drug-likeness (QED) is 0.905. The number of nitrogens with two attached hydrogens (primary N) is 1. The van der Waals surface area contributed by atoms with Crippen molar-refractivity contribution >= 4 is 5.69 Å². The minimum Gasteiger partial charge on any atom is -0.491 e. The maximum Gasteiger partial charge on any atom is 0.165 e. The standard InChI is InChI=1S/C13H14FN3O/c1-3-18-11-5-4-9(6-10(11)14)13-12(15)8(2)16-7-17-13/h4-7H,3,15H2,1-2H3. The molecule has 5 heteroatoms. The molecule has 1 aromatic heterocycles. The first-order valence-corrected chi connectivity index (χ1v) is 5.63. The zero-order chi connectivity index (χ0) is 13.1. The number of aromatic nitrogens is 2. The van der Waals surface area contributed by atoms with Gasteiger partial charge in [0.2, 0.25) is 0 Å². The van der Waals surface area contributed by atoms with Crippen LogP contribution in [0.3, 0.4) is 0 Å². The van der Waals surface area contributed by atoms with Crippen LogP contribution in [0.5, 0.6) is 5.75 Å². The third-order valence-electron chi connectivity index (χ3n) is 2.59. The van der Waals surface area contributed by atoms with Crippen LogP contribution in [0.25, 0.3) is 11.3 Å². The van der Waals surface area contributed by atoms with E-state index in [1.165, 1.54) is 12.4 Å². The molecular weight excluding hydrogens is 233 g/mol. The number of hydrogen-bond donors (Lipinski definition) is 1. The highest BCUT2D eigenvalue weighted by Gasteiger charge is 2.10. The SMILES string of the molecule is CCOc1ccc(-c2ncnc(C)c2N)cc1F. The van der Waals surface area contributed by atoms with E-state index in [9.17, 15) is 4.39 Å². The number of rotatable bonds is 3. The molecule has 0 fully saturated rings. The number of halogens is 1. The van der Waals surface area contributed by atoms with E-state index in [-0.39, 0.29) is 5.75 Å². The van der Waals surface area contributed by atoms with Crippen LogP contribution < -0.4 is 10.5 Å². The Bertz CT molecular complexity index is 572. The van der Waals surface area contributed by atoms with Gasteiger partial charge in [-0.1, -0.05) is 0 Å². The summed E-state index contributed by atoms with van der Waals surface area (Å²) in [6, 6.07) is 4.67. The summed E-state index contributed by atoms with van der Waals surface area (Å²) in [5.41, 5.74) is 8.16. The first-order chi connectivity index (χ1) is 8.63. The molecule has 0 saturated carbocycles. The fourth-order valence-electron chi connectivity index (χ4n) is 1.63. The van der Waals surface area contributed by atoms with Crippen LogP contribution in [0, 0.1) is 12.7 Å². The minimum atomic E-state index is -0.426. The van der Waals surface area contributed by atoms with Gasteiger partial charge < -0.3 is 10.5 Å². The second kappa shape index (κ2) is 5.00. The summed E-state index contributed by atoms with van der Waals surface area (Å²) in [4.78, 5) is 8.06.